The third-order valence-electron chi connectivity index (χ3n) is 11.0. The van der Waals surface area contributed by atoms with E-state index in [2.05, 4.69) is 53.7 Å². The third kappa shape index (κ3) is 6.51. The SMILES string of the molecule is Cc1c(C2CCC(CCC3CCC(C4OCC(C)C(C)O4)CC3)CC2)ccc(C2OCC(C)C(C)O2)c1C. The smallest absolute Gasteiger partial charge is 0.184 e. The number of ether oxygens (including phenoxy) is 4. The maximum Gasteiger partial charge on any atom is 0.184 e. The van der Waals surface area contributed by atoms with Crippen molar-refractivity contribution in [2.75, 3.05) is 13.2 Å². The van der Waals surface area contributed by atoms with E-state index in [1.54, 1.807) is 5.56 Å². The van der Waals surface area contributed by atoms with Crippen molar-refractivity contribution in [1.29, 1.82) is 0 Å². The highest BCUT2D eigenvalue weighted by Gasteiger charge is 2.35. The van der Waals surface area contributed by atoms with Crippen molar-refractivity contribution in [2.24, 2.45) is 29.6 Å². The second-order valence-electron chi connectivity index (χ2n) is 13.6. The zero-order valence-electron chi connectivity index (χ0n) is 25.0. The number of rotatable bonds is 6. The zero-order chi connectivity index (χ0) is 26.8. The van der Waals surface area contributed by atoms with E-state index in [0.29, 0.717) is 29.8 Å². The summed E-state index contributed by atoms with van der Waals surface area (Å²) in [5.41, 5.74) is 5.60. The Hall–Kier alpha value is -0.940. The van der Waals surface area contributed by atoms with Crippen LogP contribution in [0.1, 0.15) is 126 Å². The normalized spacial score (nSPS) is 40.7. The molecule has 38 heavy (non-hydrogen) atoms. The van der Waals surface area contributed by atoms with Crippen molar-refractivity contribution < 1.29 is 18.9 Å². The molecule has 2 aliphatic heterocycles. The Morgan fingerprint density at radius 2 is 1.16 bits per heavy atom. The predicted octanol–water partition coefficient (Wildman–Crippen LogP) is 8.63. The van der Waals surface area contributed by atoms with E-state index in [9.17, 15) is 0 Å². The molecule has 214 valence electrons. The van der Waals surface area contributed by atoms with Crippen LogP contribution in [0.5, 0.6) is 0 Å². The molecule has 0 amide bonds. The molecule has 4 fully saturated rings. The van der Waals surface area contributed by atoms with E-state index in [4.69, 9.17) is 18.9 Å². The molecular formula is C34H54O4. The van der Waals surface area contributed by atoms with Crippen LogP contribution in [0.15, 0.2) is 12.1 Å². The van der Waals surface area contributed by atoms with E-state index in [1.807, 2.05) is 0 Å². The molecule has 0 radical (unpaired) electrons. The molecule has 4 heteroatoms. The van der Waals surface area contributed by atoms with E-state index >= 15 is 0 Å². The fraction of sp³-hybridized carbons (Fsp3) is 0.824. The Morgan fingerprint density at radius 3 is 1.76 bits per heavy atom. The van der Waals surface area contributed by atoms with Gasteiger partial charge < -0.3 is 18.9 Å². The summed E-state index contributed by atoms with van der Waals surface area (Å²) in [7, 11) is 0. The zero-order valence-corrected chi connectivity index (χ0v) is 25.0. The van der Waals surface area contributed by atoms with Crippen molar-refractivity contribution in [1.82, 2.24) is 0 Å². The number of benzene rings is 1. The van der Waals surface area contributed by atoms with Crippen LogP contribution in [-0.4, -0.2) is 31.7 Å². The van der Waals surface area contributed by atoms with Gasteiger partial charge in [-0.1, -0.05) is 38.8 Å². The first-order valence-corrected chi connectivity index (χ1v) is 15.9. The monoisotopic (exact) mass is 526 g/mol. The van der Waals surface area contributed by atoms with Gasteiger partial charge in [0.05, 0.1) is 25.4 Å². The van der Waals surface area contributed by atoms with Gasteiger partial charge in [0, 0.05) is 23.3 Å². The summed E-state index contributed by atoms with van der Waals surface area (Å²) in [5.74, 6) is 4.13. The molecule has 2 saturated heterocycles. The first-order valence-electron chi connectivity index (χ1n) is 15.9. The van der Waals surface area contributed by atoms with Gasteiger partial charge in [-0.15, -0.1) is 0 Å². The maximum absolute atomic E-state index is 6.21. The van der Waals surface area contributed by atoms with Crippen LogP contribution in [0, 0.1) is 43.4 Å². The molecule has 6 unspecified atom stereocenters. The van der Waals surface area contributed by atoms with Gasteiger partial charge in [-0.2, -0.15) is 0 Å². The molecule has 0 N–H and O–H groups in total. The molecule has 5 rings (SSSR count). The summed E-state index contributed by atoms with van der Waals surface area (Å²) in [4.78, 5) is 0. The van der Waals surface area contributed by atoms with Crippen molar-refractivity contribution >= 4 is 0 Å². The van der Waals surface area contributed by atoms with Crippen molar-refractivity contribution in [3.63, 3.8) is 0 Å². The second kappa shape index (κ2) is 12.7. The minimum absolute atomic E-state index is 0.0496. The molecule has 0 bridgehead atoms. The fourth-order valence-electron chi connectivity index (χ4n) is 7.46. The van der Waals surface area contributed by atoms with E-state index in [0.717, 1.165) is 25.0 Å². The lowest BCUT2D eigenvalue weighted by molar-refractivity contribution is -0.254. The molecule has 0 aromatic heterocycles. The van der Waals surface area contributed by atoms with Crippen LogP contribution in [-0.2, 0) is 18.9 Å². The Bertz CT molecular complexity index is 898. The molecule has 4 nitrogen and oxygen atoms in total. The molecule has 1 aromatic rings. The molecular weight excluding hydrogens is 472 g/mol. The molecule has 2 aliphatic carbocycles. The fourth-order valence-corrected chi connectivity index (χ4v) is 7.46. The Morgan fingerprint density at radius 1 is 0.632 bits per heavy atom. The number of hydrogen-bond donors (Lipinski definition) is 0. The standard InChI is InChI=1S/C34H54O4/c1-21-19-35-33(37-25(21)5)30-15-11-28(12-16-30)8-7-27-9-13-29(14-10-27)31-17-18-32(24(4)23(31)3)34-36-20-22(2)26(6)38-34/h17-18,21-22,25-30,33-34H,7-16,19-20H2,1-6H3. The molecule has 1 aromatic carbocycles. The summed E-state index contributed by atoms with van der Waals surface area (Å²) < 4.78 is 24.5. The maximum atomic E-state index is 6.21. The van der Waals surface area contributed by atoms with Crippen LogP contribution in [0.3, 0.4) is 0 Å². The summed E-state index contributed by atoms with van der Waals surface area (Å²) in [6.45, 7) is 15.0. The van der Waals surface area contributed by atoms with E-state index in [1.165, 1.54) is 80.9 Å². The summed E-state index contributed by atoms with van der Waals surface area (Å²) in [6.07, 6.45) is 14.0. The van der Waals surface area contributed by atoms with Crippen LogP contribution < -0.4 is 0 Å². The highest BCUT2D eigenvalue weighted by Crippen LogP contribution is 2.43. The molecule has 2 saturated carbocycles. The van der Waals surface area contributed by atoms with Crippen LogP contribution in [0.25, 0.3) is 0 Å². The van der Waals surface area contributed by atoms with Gasteiger partial charge in [0.1, 0.15) is 0 Å². The van der Waals surface area contributed by atoms with Crippen molar-refractivity contribution in [3.05, 3.63) is 34.4 Å². The molecule has 6 atom stereocenters. The molecule has 0 spiro atoms. The first kappa shape index (κ1) is 28.6. The van der Waals surface area contributed by atoms with E-state index in [-0.39, 0.29) is 18.7 Å². The van der Waals surface area contributed by atoms with Gasteiger partial charge in [-0.05, 0) is 114 Å². The molecule has 2 heterocycles. The van der Waals surface area contributed by atoms with E-state index < -0.39 is 0 Å². The van der Waals surface area contributed by atoms with Crippen LogP contribution in [0.4, 0.5) is 0 Å². The lowest BCUT2D eigenvalue weighted by Gasteiger charge is -2.40. The van der Waals surface area contributed by atoms with Crippen molar-refractivity contribution in [2.45, 2.75) is 136 Å². The summed E-state index contributed by atoms with van der Waals surface area (Å²) >= 11 is 0. The third-order valence-corrected chi connectivity index (χ3v) is 11.0. The summed E-state index contributed by atoms with van der Waals surface area (Å²) in [5, 5.41) is 0. The Labute approximate surface area is 232 Å². The van der Waals surface area contributed by atoms with Crippen LogP contribution >= 0.6 is 0 Å². The molecule has 4 aliphatic rings. The first-order chi connectivity index (χ1) is 18.3. The summed E-state index contributed by atoms with van der Waals surface area (Å²) in [6, 6.07) is 4.68. The van der Waals surface area contributed by atoms with Gasteiger partial charge in [0.15, 0.2) is 12.6 Å². The van der Waals surface area contributed by atoms with Crippen LogP contribution in [0.2, 0.25) is 0 Å². The Balaban J connectivity index is 1.05. The highest BCUT2D eigenvalue weighted by molar-refractivity contribution is 5.42. The topological polar surface area (TPSA) is 36.9 Å². The second-order valence-corrected chi connectivity index (χ2v) is 13.6. The van der Waals surface area contributed by atoms with Gasteiger partial charge in [-0.3, -0.25) is 0 Å². The minimum Gasteiger partial charge on any atom is -0.352 e. The quantitative estimate of drug-likeness (QED) is 0.372. The van der Waals surface area contributed by atoms with Gasteiger partial charge in [0.25, 0.3) is 0 Å². The van der Waals surface area contributed by atoms with Gasteiger partial charge in [-0.25, -0.2) is 0 Å². The highest BCUT2D eigenvalue weighted by atomic mass is 16.7. The average Bonchev–Trinajstić information content (AvgIpc) is 2.93. The lowest BCUT2D eigenvalue weighted by atomic mass is 9.73. The average molecular weight is 527 g/mol. The largest absolute Gasteiger partial charge is 0.352 e. The van der Waals surface area contributed by atoms with Crippen molar-refractivity contribution in [3.8, 4) is 0 Å². The minimum atomic E-state index is -0.213. The predicted molar refractivity (Wildman–Crippen MR) is 153 cm³/mol. The number of hydrogen-bond acceptors (Lipinski definition) is 4. The van der Waals surface area contributed by atoms with Gasteiger partial charge in [0.2, 0.25) is 0 Å². The Kier molecular flexibility index (Phi) is 9.56. The van der Waals surface area contributed by atoms with Gasteiger partial charge >= 0.3 is 0 Å². The lowest BCUT2D eigenvalue weighted by Crippen LogP contribution is -2.41.